The van der Waals surface area contributed by atoms with Crippen LogP contribution in [0.5, 0.6) is 0 Å². The van der Waals surface area contributed by atoms with E-state index >= 15 is 0 Å². The first-order chi connectivity index (χ1) is 7.75. The highest BCUT2D eigenvalue weighted by molar-refractivity contribution is 9.10. The Bertz CT molecular complexity index is 394. The molecule has 1 aliphatic heterocycles. The first kappa shape index (κ1) is 12.0. The monoisotopic (exact) mass is 299 g/mol. The number of rotatable bonds is 4. The molecule has 1 atom stereocenters. The Kier molecular flexibility index (Phi) is 4.32. The second-order valence-corrected chi connectivity index (χ2v) is 5.63. The lowest BCUT2D eigenvalue weighted by Gasteiger charge is -2.12. The molecule has 2 nitrogen and oxygen atoms in total. The predicted molar refractivity (Wildman–Crippen MR) is 71.5 cm³/mol. The molecule has 0 fully saturated rings. The molecular weight excluding hydrogens is 286 g/mol. The van der Waals surface area contributed by atoms with E-state index in [0.29, 0.717) is 0 Å². The van der Waals surface area contributed by atoms with Crippen LogP contribution in [0.1, 0.15) is 6.42 Å². The van der Waals surface area contributed by atoms with Crippen molar-refractivity contribution in [2.45, 2.75) is 17.4 Å². The average Bonchev–Trinajstić information content (AvgIpc) is 2.79. The first-order valence-corrected chi connectivity index (χ1v) is 7.00. The van der Waals surface area contributed by atoms with Crippen LogP contribution in [0.15, 0.2) is 45.5 Å². The van der Waals surface area contributed by atoms with Crippen LogP contribution < -0.4 is 5.73 Å². The maximum absolute atomic E-state index is 6.04. The van der Waals surface area contributed by atoms with Crippen molar-refractivity contribution in [1.82, 2.24) is 0 Å². The van der Waals surface area contributed by atoms with Crippen molar-refractivity contribution in [1.29, 1.82) is 0 Å². The largest absolute Gasteiger partial charge is 0.496 e. The second kappa shape index (κ2) is 5.75. The number of hydrogen-bond donors (Lipinski definition) is 1. The molecule has 0 aliphatic carbocycles. The minimum absolute atomic E-state index is 0.00600. The van der Waals surface area contributed by atoms with E-state index in [4.69, 9.17) is 10.5 Å². The number of hydrogen-bond acceptors (Lipinski definition) is 3. The molecule has 1 aliphatic rings. The zero-order chi connectivity index (χ0) is 11.4. The van der Waals surface area contributed by atoms with Crippen LogP contribution in [-0.4, -0.2) is 18.4 Å². The highest BCUT2D eigenvalue weighted by Crippen LogP contribution is 2.24. The Morgan fingerprint density at radius 1 is 1.50 bits per heavy atom. The zero-order valence-electron chi connectivity index (χ0n) is 8.86. The van der Waals surface area contributed by atoms with Crippen molar-refractivity contribution >= 4 is 27.7 Å². The molecule has 0 radical (unpaired) electrons. The Hall–Kier alpha value is -0.450. The molecule has 0 spiro atoms. The molecule has 1 aromatic carbocycles. The molecule has 2 rings (SSSR count). The third-order valence-electron chi connectivity index (χ3n) is 2.32. The van der Waals surface area contributed by atoms with E-state index in [-0.39, 0.29) is 6.04 Å². The number of ether oxygens (including phenoxy) is 1. The van der Waals surface area contributed by atoms with Gasteiger partial charge in [0.15, 0.2) is 0 Å². The molecule has 0 saturated carbocycles. The minimum Gasteiger partial charge on any atom is -0.496 e. The van der Waals surface area contributed by atoms with Gasteiger partial charge in [0, 0.05) is 21.5 Å². The normalized spacial score (nSPS) is 16.8. The second-order valence-electron chi connectivity index (χ2n) is 3.62. The summed E-state index contributed by atoms with van der Waals surface area (Å²) in [6.07, 6.45) is 3.08. The van der Waals surface area contributed by atoms with E-state index in [1.807, 2.05) is 12.1 Å². The van der Waals surface area contributed by atoms with Gasteiger partial charge in [0.2, 0.25) is 0 Å². The van der Waals surface area contributed by atoms with Crippen LogP contribution >= 0.6 is 27.7 Å². The molecule has 0 aromatic heterocycles. The van der Waals surface area contributed by atoms with Gasteiger partial charge in [-0.1, -0.05) is 22.0 Å². The molecular formula is C12H14BrNOS. The number of thioether (sulfide) groups is 1. The van der Waals surface area contributed by atoms with Crippen LogP contribution in [0.3, 0.4) is 0 Å². The van der Waals surface area contributed by atoms with Gasteiger partial charge in [-0.05, 0) is 24.3 Å². The van der Waals surface area contributed by atoms with Crippen LogP contribution in [0.2, 0.25) is 0 Å². The zero-order valence-corrected chi connectivity index (χ0v) is 11.3. The van der Waals surface area contributed by atoms with Crippen molar-refractivity contribution in [3.8, 4) is 0 Å². The Morgan fingerprint density at radius 2 is 2.38 bits per heavy atom. The van der Waals surface area contributed by atoms with Gasteiger partial charge in [-0.3, -0.25) is 0 Å². The summed E-state index contributed by atoms with van der Waals surface area (Å²) < 4.78 is 6.54. The third-order valence-corrected chi connectivity index (χ3v) is 3.93. The number of benzene rings is 1. The minimum atomic E-state index is 0.00600. The van der Waals surface area contributed by atoms with Crippen LogP contribution in [-0.2, 0) is 4.74 Å². The van der Waals surface area contributed by atoms with Gasteiger partial charge in [0.1, 0.15) is 5.76 Å². The van der Waals surface area contributed by atoms with Crippen molar-refractivity contribution in [2.75, 3.05) is 12.4 Å². The maximum Gasteiger partial charge on any atom is 0.110 e. The van der Waals surface area contributed by atoms with E-state index in [1.165, 1.54) is 4.90 Å². The molecule has 0 saturated heterocycles. The van der Waals surface area contributed by atoms with E-state index < -0.39 is 0 Å². The smallest absolute Gasteiger partial charge is 0.110 e. The molecule has 0 amide bonds. The molecule has 0 bridgehead atoms. The van der Waals surface area contributed by atoms with Crippen molar-refractivity contribution in [3.05, 3.63) is 40.6 Å². The summed E-state index contributed by atoms with van der Waals surface area (Å²) in [5.74, 6) is 1.80. The quantitative estimate of drug-likeness (QED) is 0.868. The summed E-state index contributed by atoms with van der Waals surface area (Å²) in [7, 11) is 0. The van der Waals surface area contributed by atoms with Gasteiger partial charge in [-0.15, -0.1) is 11.8 Å². The fraction of sp³-hybridized carbons (Fsp3) is 0.333. The van der Waals surface area contributed by atoms with Crippen LogP contribution in [0, 0.1) is 0 Å². The van der Waals surface area contributed by atoms with Gasteiger partial charge < -0.3 is 10.5 Å². The average molecular weight is 300 g/mol. The van der Waals surface area contributed by atoms with E-state index in [0.717, 1.165) is 29.0 Å². The first-order valence-electron chi connectivity index (χ1n) is 5.22. The highest BCUT2D eigenvalue weighted by Gasteiger charge is 2.14. The van der Waals surface area contributed by atoms with Gasteiger partial charge in [0.25, 0.3) is 0 Å². The van der Waals surface area contributed by atoms with Crippen molar-refractivity contribution in [2.24, 2.45) is 5.73 Å². The fourth-order valence-corrected chi connectivity index (χ4v) is 2.99. The Morgan fingerprint density at radius 3 is 3.06 bits per heavy atom. The van der Waals surface area contributed by atoms with Gasteiger partial charge in [0.05, 0.1) is 12.6 Å². The molecule has 1 heterocycles. The Labute approximate surface area is 108 Å². The van der Waals surface area contributed by atoms with Gasteiger partial charge in [-0.25, -0.2) is 0 Å². The summed E-state index contributed by atoms with van der Waals surface area (Å²) in [5, 5.41) is 0. The van der Waals surface area contributed by atoms with Gasteiger partial charge in [-0.2, -0.15) is 0 Å². The van der Waals surface area contributed by atoms with Crippen molar-refractivity contribution in [3.63, 3.8) is 0 Å². The maximum atomic E-state index is 6.04. The standard InChI is InChI=1S/C12H14BrNOS/c13-9-3-1-4-10(7-9)16-8-11(14)12-5-2-6-15-12/h1,3-5,7,11H,2,6,8,14H2. The summed E-state index contributed by atoms with van der Waals surface area (Å²) in [4.78, 5) is 1.23. The van der Waals surface area contributed by atoms with Gasteiger partial charge >= 0.3 is 0 Å². The predicted octanol–water partition coefficient (Wildman–Crippen LogP) is 3.17. The number of nitrogens with two attached hydrogens (primary N) is 1. The topological polar surface area (TPSA) is 35.2 Å². The number of halogens is 1. The van der Waals surface area contributed by atoms with Crippen LogP contribution in [0.25, 0.3) is 0 Å². The molecule has 86 valence electrons. The summed E-state index contributed by atoms with van der Waals surface area (Å²) >= 11 is 5.21. The fourth-order valence-electron chi connectivity index (χ4n) is 1.52. The van der Waals surface area contributed by atoms with E-state index in [9.17, 15) is 0 Å². The molecule has 2 N–H and O–H groups in total. The molecule has 16 heavy (non-hydrogen) atoms. The lowest BCUT2D eigenvalue weighted by molar-refractivity contribution is 0.228. The SMILES string of the molecule is NC(CSc1cccc(Br)c1)C1=CCCO1. The van der Waals surface area contributed by atoms with E-state index in [2.05, 4.69) is 34.1 Å². The summed E-state index contributed by atoms with van der Waals surface area (Å²) in [5.41, 5.74) is 6.04. The summed E-state index contributed by atoms with van der Waals surface area (Å²) in [6.45, 7) is 0.782. The lowest BCUT2D eigenvalue weighted by atomic mass is 10.3. The summed E-state index contributed by atoms with van der Waals surface area (Å²) in [6, 6.07) is 8.25. The van der Waals surface area contributed by atoms with Crippen LogP contribution in [0.4, 0.5) is 0 Å². The highest BCUT2D eigenvalue weighted by atomic mass is 79.9. The lowest BCUT2D eigenvalue weighted by Crippen LogP contribution is -2.25. The van der Waals surface area contributed by atoms with Crippen molar-refractivity contribution < 1.29 is 4.74 Å². The Balaban J connectivity index is 1.87. The molecule has 1 unspecified atom stereocenters. The third kappa shape index (κ3) is 3.27. The molecule has 4 heteroatoms. The van der Waals surface area contributed by atoms with E-state index in [1.54, 1.807) is 11.8 Å². The molecule has 1 aromatic rings.